The van der Waals surface area contributed by atoms with Gasteiger partial charge in [-0.05, 0) is 76.9 Å². The lowest BCUT2D eigenvalue weighted by molar-refractivity contribution is 0.0739. The van der Waals surface area contributed by atoms with E-state index in [1.54, 1.807) is 45.2 Å². The number of aliphatic hydroxyl groups is 1. The van der Waals surface area contributed by atoms with Gasteiger partial charge in [0.1, 0.15) is 34.6 Å². The third kappa shape index (κ3) is 5.19. The number of aryl methyl sites for hydroxylation is 3. The summed E-state index contributed by atoms with van der Waals surface area (Å²) in [6.45, 7) is 9.87. The van der Waals surface area contributed by atoms with Crippen LogP contribution in [0, 0.1) is 39.3 Å². The summed E-state index contributed by atoms with van der Waals surface area (Å²) in [5, 5.41) is 10.2. The number of hydrogen-bond acceptors (Lipinski definition) is 5. The first-order valence-electron chi connectivity index (χ1n) is 12.0. The SMILES string of the molecule is Cc1cnc(-c2nc(C(C)(C)O)ccc2C)cc1-n1c(C)cc(OCc2ccc(F)c(C)c2F)c(Cl)c1=O. The van der Waals surface area contributed by atoms with Crippen LogP contribution in [0.1, 0.15) is 47.5 Å². The average Bonchev–Trinajstić information content (AvgIpc) is 2.85. The van der Waals surface area contributed by atoms with Crippen LogP contribution in [0.5, 0.6) is 5.75 Å². The molecule has 0 aliphatic rings. The van der Waals surface area contributed by atoms with Crippen LogP contribution < -0.4 is 10.3 Å². The van der Waals surface area contributed by atoms with Gasteiger partial charge in [0.2, 0.25) is 0 Å². The molecule has 4 rings (SSSR count). The van der Waals surface area contributed by atoms with E-state index in [0.29, 0.717) is 28.5 Å². The van der Waals surface area contributed by atoms with Crippen LogP contribution in [0.15, 0.2) is 47.4 Å². The van der Waals surface area contributed by atoms with Gasteiger partial charge >= 0.3 is 0 Å². The largest absolute Gasteiger partial charge is 0.487 e. The Bertz CT molecular complexity index is 1610. The zero-order chi connectivity index (χ0) is 27.9. The molecule has 0 amide bonds. The van der Waals surface area contributed by atoms with Gasteiger partial charge in [-0.1, -0.05) is 17.7 Å². The van der Waals surface area contributed by atoms with Crippen LogP contribution in [-0.2, 0) is 12.2 Å². The van der Waals surface area contributed by atoms with Crippen molar-refractivity contribution in [2.24, 2.45) is 0 Å². The maximum atomic E-state index is 14.4. The summed E-state index contributed by atoms with van der Waals surface area (Å²) in [5.74, 6) is -1.26. The van der Waals surface area contributed by atoms with Gasteiger partial charge < -0.3 is 9.84 Å². The highest BCUT2D eigenvalue weighted by Crippen LogP contribution is 2.29. The molecular weight excluding hydrogens is 512 g/mol. The van der Waals surface area contributed by atoms with Crippen LogP contribution in [-0.4, -0.2) is 19.6 Å². The Labute approximate surface area is 224 Å². The zero-order valence-corrected chi connectivity index (χ0v) is 22.7. The summed E-state index contributed by atoms with van der Waals surface area (Å²) >= 11 is 6.42. The molecule has 9 heteroatoms. The van der Waals surface area contributed by atoms with E-state index in [4.69, 9.17) is 16.3 Å². The van der Waals surface area contributed by atoms with Crippen molar-refractivity contribution in [2.75, 3.05) is 0 Å². The van der Waals surface area contributed by atoms with Crippen LogP contribution in [0.25, 0.3) is 17.1 Å². The van der Waals surface area contributed by atoms with Gasteiger partial charge in [0.05, 0.1) is 22.8 Å². The van der Waals surface area contributed by atoms with E-state index < -0.39 is 22.8 Å². The molecule has 0 aliphatic heterocycles. The Morgan fingerprint density at radius 2 is 1.76 bits per heavy atom. The van der Waals surface area contributed by atoms with Crippen molar-refractivity contribution in [3.05, 3.63) is 103 Å². The number of aromatic nitrogens is 3. The molecule has 3 aromatic heterocycles. The molecule has 4 aromatic rings. The van der Waals surface area contributed by atoms with Crippen molar-refractivity contribution < 1.29 is 18.6 Å². The quantitative estimate of drug-likeness (QED) is 0.313. The molecule has 0 atom stereocenters. The van der Waals surface area contributed by atoms with E-state index in [9.17, 15) is 18.7 Å². The minimum Gasteiger partial charge on any atom is -0.487 e. The second-order valence-electron chi connectivity index (χ2n) is 9.82. The summed E-state index contributed by atoms with van der Waals surface area (Å²) in [4.78, 5) is 22.5. The van der Waals surface area contributed by atoms with Gasteiger partial charge in [0, 0.05) is 29.1 Å². The summed E-state index contributed by atoms with van der Waals surface area (Å²) in [7, 11) is 0. The Hall–Kier alpha value is -3.62. The maximum absolute atomic E-state index is 14.4. The van der Waals surface area contributed by atoms with Crippen LogP contribution in [0.2, 0.25) is 5.02 Å². The van der Waals surface area contributed by atoms with Gasteiger partial charge in [-0.15, -0.1) is 0 Å². The van der Waals surface area contributed by atoms with Gasteiger partial charge in [0.25, 0.3) is 5.56 Å². The van der Waals surface area contributed by atoms with Crippen molar-refractivity contribution >= 4 is 11.6 Å². The predicted molar refractivity (Wildman–Crippen MR) is 143 cm³/mol. The minimum atomic E-state index is -1.14. The lowest BCUT2D eigenvalue weighted by atomic mass is 10.0. The lowest BCUT2D eigenvalue weighted by Crippen LogP contribution is -2.23. The fourth-order valence-corrected chi connectivity index (χ4v) is 4.28. The fraction of sp³-hybridized carbons (Fsp3) is 0.276. The van der Waals surface area contributed by atoms with Crippen LogP contribution in [0.3, 0.4) is 0 Å². The number of hydrogen-bond donors (Lipinski definition) is 1. The van der Waals surface area contributed by atoms with E-state index in [0.717, 1.165) is 11.1 Å². The third-order valence-corrected chi connectivity index (χ3v) is 6.71. The highest BCUT2D eigenvalue weighted by atomic mass is 35.5. The molecule has 38 heavy (non-hydrogen) atoms. The summed E-state index contributed by atoms with van der Waals surface area (Å²) in [6.07, 6.45) is 1.65. The molecule has 1 aromatic carbocycles. The first kappa shape index (κ1) is 27.4. The molecule has 0 radical (unpaired) electrons. The summed E-state index contributed by atoms with van der Waals surface area (Å²) in [6, 6.07) is 9.43. The Kier molecular flexibility index (Phi) is 7.41. The monoisotopic (exact) mass is 539 g/mol. The number of pyridine rings is 3. The average molecular weight is 540 g/mol. The second-order valence-corrected chi connectivity index (χ2v) is 10.2. The minimum absolute atomic E-state index is 0.0918. The molecule has 0 fully saturated rings. The topological polar surface area (TPSA) is 77.2 Å². The number of halogens is 3. The van der Waals surface area contributed by atoms with E-state index in [-0.39, 0.29) is 28.5 Å². The first-order valence-corrected chi connectivity index (χ1v) is 12.3. The second kappa shape index (κ2) is 10.3. The number of benzene rings is 1. The molecule has 0 unspecified atom stereocenters. The van der Waals surface area contributed by atoms with Gasteiger partial charge in [-0.3, -0.25) is 14.3 Å². The van der Waals surface area contributed by atoms with E-state index in [1.807, 2.05) is 19.9 Å². The van der Waals surface area contributed by atoms with Crippen LogP contribution >= 0.6 is 11.6 Å². The van der Waals surface area contributed by atoms with Crippen molar-refractivity contribution in [3.63, 3.8) is 0 Å². The van der Waals surface area contributed by atoms with E-state index in [1.165, 1.54) is 23.6 Å². The normalized spacial score (nSPS) is 11.6. The van der Waals surface area contributed by atoms with Gasteiger partial charge in [-0.25, -0.2) is 13.8 Å². The van der Waals surface area contributed by atoms with Crippen molar-refractivity contribution in [2.45, 2.75) is 53.8 Å². The Morgan fingerprint density at radius 1 is 1.05 bits per heavy atom. The summed E-state index contributed by atoms with van der Waals surface area (Å²) < 4.78 is 35.1. The smallest absolute Gasteiger partial charge is 0.277 e. The fourth-order valence-electron chi connectivity index (χ4n) is 4.08. The Morgan fingerprint density at radius 3 is 2.45 bits per heavy atom. The molecule has 3 heterocycles. The zero-order valence-electron chi connectivity index (χ0n) is 22.0. The molecule has 0 saturated heterocycles. The molecule has 6 nitrogen and oxygen atoms in total. The van der Waals surface area contributed by atoms with E-state index in [2.05, 4.69) is 9.97 Å². The molecule has 0 saturated carbocycles. The highest BCUT2D eigenvalue weighted by Gasteiger charge is 2.21. The lowest BCUT2D eigenvalue weighted by Gasteiger charge is -2.19. The summed E-state index contributed by atoms with van der Waals surface area (Å²) in [5.41, 5.74) is 2.65. The van der Waals surface area contributed by atoms with Crippen LogP contribution in [0.4, 0.5) is 8.78 Å². The van der Waals surface area contributed by atoms with Crippen molar-refractivity contribution in [1.29, 1.82) is 0 Å². The molecule has 0 spiro atoms. The molecule has 0 aliphatic carbocycles. The van der Waals surface area contributed by atoms with E-state index >= 15 is 0 Å². The molecule has 0 bridgehead atoms. The predicted octanol–water partition coefficient (Wildman–Crippen LogP) is 6.27. The van der Waals surface area contributed by atoms with Crippen molar-refractivity contribution in [1.82, 2.24) is 14.5 Å². The van der Waals surface area contributed by atoms with Crippen molar-refractivity contribution in [3.8, 4) is 22.8 Å². The third-order valence-electron chi connectivity index (χ3n) is 6.37. The number of nitrogens with zero attached hydrogens (tertiary/aromatic N) is 3. The maximum Gasteiger partial charge on any atom is 0.277 e. The number of ether oxygens (including phenoxy) is 1. The molecular formula is C29H28ClF2N3O3. The van der Waals surface area contributed by atoms with Gasteiger partial charge in [-0.2, -0.15) is 0 Å². The standard InChI is InChI=1S/C29H28ClF2N3O3/c1-15-7-10-24(29(5,6)37)34-27(15)21-12-22(16(2)13-33-21)35-17(3)11-23(25(30)28(35)36)38-14-19-8-9-20(31)18(4)26(19)32/h7-13,37H,14H2,1-6H3. The molecule has 1 N–H and O–H groups in total. The van der Waals surface area contributed by atoms with Gasteiger partial charge in [0.15, 0.2) is 0 Å². The number of rotatable bonds is 6. The highest BCUT2D eigenvalue weighted by molar-refractivity contribution is 6.31. The Balaban J connectivity index is 1.75. The molecule has 198 valence electrons. The first-order chi connectivity index (χ1) is 17.8.